The lowest BCUT2D eigenvalue weighted by Gasteiger charge is -2.01. The molecule has 0 saturated heterocycles. The summed E-state index contributed by atoms with van der Waals surface area (Å²) in [6.07, 6.45) is 0. The first-order valence-electron chi connectivity index (χ1n) is 3.35. The summed E-state index contributed by atoms with van der Waals surface area (Å²) < 4.78 is 33.5. The van der Waals surface area contributed by atoms with Crippen LogP contribution in [0, 0.1) is 10.1 Å². The summed E-state index contributed by atoms with van der Waals surface area (Å²) in [6, 6.07) is 1.32. The van der Waals surface area contributed by atoms with Gasteiger partial charge in [-0.25, -0.2) is 0 Å². The van der Waals surface area contributed by atoms with Gasteiger partial charge in [-0.3, -0.25) is 10.1 Å². The molecule has 82 valence electrons. The number of hydrogen-bond donors (Lipinski definition) is 1. The molecule has 0 aliphatic heterocycles. The van der Waals surface area contributed by atoms with Crippen molar-refractivity contribution < 1.29 is 17.2 Å². The van der Waals surface area contributed by atoms with Crippen molar-refractivity contribution in [2.75, 3.05) is 0 Å². The fraction of sp³-hybridized carbons (Fsp3) is 0. The molecule has 0 unspecified atom stereocenters. The van der Waals surface area contributed by atoms with Crippen molar-refractivity contribution in [1.29, 1.82) is 0 Å². The maximum atomic E-state index is 12.5. The zero-order chi connectivity index (χ0) is 11.8. The third-order valence-corrected chi connectivity index (χ3v) is 3.19. The maximum Gasteiger partial charge on any atom is 0.332 e. The molecule has 0 saturated carbocycles. The second-order valence-corrected chi connectivity index (χ2v) is 4.67. The van der Waals surface area contributed by atoms with Crippen molar-refractivity contribution in [3.05, 3.63) is 27.3 Å². The van der Waals surface area contributed by atoms with Gasteiger partial charge in [0.25, 0.3) is 5.69 Å². The zero-order valence-electron chi connectivity index (χ0n) is 6.85. The minimum absolute atomic E-state index is 0.214. The lowest BCUT2D eigenvalue weighted by Crippen LogP contribution is -1.96. The number of hydrogen-bond acceptors (Lipinski definition) is 5. The molecule has 0 spiro atoms. The SMILES string of the molecule is O=[N+]([O-])c1cc(S(=O)(=O)F)cc(Cl)c1S. The molecule has 0 amide bonds. The Morgan fingerprint density at radius 2 is 2.00 bits per heavy atom. The Kier molecular flexibility index (Phi) is 3.22. The van der Waals surface area contributed by atoms with Crippen LogP contribution in [0.25, 0.3) is 0 Å². The van der Waals surface area contributed by atoms with Gasteiger partial charge >= 0.3 is 10.2 Å². The first-order valence-corrected chi connectivity index (χ1v) is 5.56. The quantitative estimate of drug-likeness (QED) is 0.387. The molecule has 0 aliphatic rings. The van der Waals surface area contributed by atoms with Crippen LogP contribution in [0.3, 0.4) is 0 Å². The van der Waals surface area contributed by atoms with Crippen LogP contribution in [0.15, 0.2) is 21.9 Å². The average molecular weight is 272 g/mol. The van der Waals surface area contributed by atoms with Gasteiger partial charge in [0.05, 0.1) is 9.95 Å². The van der Waals surface area contributed by atoms with Gasteiger partial charge in [-0.15, -0.1) is 16.5 Å². The van der Waals surface area contributed by atoms with Gasteiger partial charge in [0.15, 0.2) is 0 Å². The highest BCUT2D eigenvalue weighted by Gasteiger charge is 2.22. The molecule has 15 heavy (non-hydrogen) atoms. The maximum absolute atomic E-state index is 12.5. The van der Waals surface area contributed by atoms with E-state index in [1.807, 2.05) is 0 Å². The standard InChI is InChI=1S/C6H3ClFNO4S2/c7-4-1-3(15(8,12)13)2-5(6(4)14)9(10)11/h1-2,14H. The predicted molar refractivity (Wildman–Crippen MR) is 53.7 cm³/mol. The highest BCUT2D eigenvalue weighted by molar-refractivity contribution is 7.86. The number of halogens is 2. The van der Waals surface area contributed by atoms with E-state index in [1.54, 1.807) is 0 Å². The molecular weight excluding hydrogens is 269 g/mol. The third kappa shape index (κ3) is 2.58. The van der Waals surface area contributed by atoms with E-state index >= 15 is 0 Å². The Hall–Kier alpha value is -0.860. The molecule has 0 aliphatic carbocycles. The molecule has 0 atom stereocenters. The Balaban J connectivity index is 3.57. The van der Waals surface area contributed by atoms with Gasteiger partial charge in [-0.1, -0.05) is 11.6 Å². The van der Waals surface area contributed by atoms with E-state index in [0.717, 1.165) is 6.07 Å². The molecule has 0 N–H and O–H groups in total. The molecule has 5 nitrogen and oxygen atoms in total. The summed E-state index contributed by atoms with van der Waals surface area (Å²) >= 11 is 9.16. The zero-order valence-corrected chi connectivity index (χ0v) is 9.31. The van der Waals surface area contributed by atoms with Crippen LogP contribution in [-0.4, -0.2) is 13.3 Å². The molecule has 0 aromatic heterocycles. The molecular formula is C6H3ClFNO4S2. The number of rotatable bonds is 2. The molecule has 0 radical (unpaired) electrons. The van der Waals surface area contributed by atoms with Crippen LogP contribution in [-0.2, 0) is 10.2 Å². The van der Waals surface area contributed by atoms with E-state index in [4.69, 9.17) is 11.6 Å². The van der Waals surface area contributed by atoms with Gasteiger partial charge in [-0.2, -0.15) is 8.42 Å². The molecule has 1 rings (SSSR count). The van der Waals surface area contributed by atoms with E-state index in [-0.39, 0.29) is 9.92 Å². The second-order valence-electron chi connectivity index (χ2n) is 2.47. The van der Waals surface area contributed by atoms with Crippen molar-refractivity contribution in [2.45, 2.75) is 9.79 Å². The lowest BCUT2D eigenvalue weighted by molar-refractivity contribution is -0.387. The van der Waals surface area contributed by atoms with Crippen LogP contribution in [0.1, 0.15) is 0 Å². The van der Waals surface area contributed by atoms with Crippen molar-refractivity contribution in [2.24, 2.45) is 0 Å². The molecule has 0 fully saturated rings. The van der Waals surface area contributed by atoms with E-state index in [0.29, 0.717) is 6.07 Å². The van der Waals surface area contributed by atoms with E-state index in [9.17, 15) is 22.4 Å². The van der Waals surface area contributed by atoms with Gasteiger partial charge < -0.3 is 0 Å². The van der Waals surface area contributed by atoms with Crippen LogP contribution >= 0.6 is 24.2 Å². The highest BCUT2D eigenvalue weighted by Crippen LogP contribution is 2.33. The van der Waals surface area contributed by atoms with Gasteiger partial charge in [0, 0.05) is 6.07 Å². The average Bonchev–Trinajstić information content (AvgIpc) is 2.06. The molecule has 9 heteroatoms. The summed E-state index contributed by atoms with van der Waals surface area (Å²) in [7, 11) is -5.02. The fourth-order valence-electron chi connectivity index (χ4n) is 0.840. The Morgan fingerprint density at radius 1 is 1.47 bits per heavy atom. The number of nitro groups is 1. The molecule has 1 aromatic rings. The van der Waals surface area contributed by atoms with Crippen molar-refractivity contribution in [3.8, 4) is 0 Å². The number of nitrogens with zero attached hydrogens (tertiary/aromatic N) is 1. The number of thiol groups is 1. The monoisotopic (exact) mass is 271 g/mol. The summed E-state index contributed by atoms with van der Waals surface area (Å²) in [6.45, 7) is 0. The minimum atomic E-state index is -5.02. The number of benzene rings is 1. The van der Waals surface area contributed by atoms with Crippen LogP contribution < -0.4 is 0 Å². The fourth-order valence-corrected chi connectivity index (χ4v) is 1.84. The highest BCUT2D eigenvalue weighted by atomic mass is 35.5. The van der Waals surface area contributed by atoms with Crippen molar-refractivity contribution >= 4 is 40.1 Å². The molecule has 1 aromatic carbocycles. The summed E-state index contributed by atoms with van der Waals surface area (Å²) in [5, 5.41) is 10.1. The Labute approximate surface area is 94.6 Å². The van der Waals surface area contributed by atoms with Crippen LogP contribution in [0.5, 0.6) is 0 Å². The smallest absolute Gasteiger partial charge is 0.258 e. The largest absolute Gasteiger partial charge is 0.332 e. The predicted octanol–water partition coefficient (Wildman–Crippen LogP) is 2.20. The Bertz CT molecular complexity index is 530. The summed E-state index contributed by atoms with van der Waals surface area (Å²) in [4.78, 5) is 8.46. The van der Waals surface area contributed by atoms with E-state index in [1.165, 1.54) is 0 Å². The lowest BCUT2D eigenvalue weighted by atomic mass is 10.3. The van der Waals surface area contributed by atoms with Gasteiger partial charge in [-0.05, 0) is 6.07 Å². The summed E-state index contributed by atoms with van der Waals surface area (Å²) in [5.41, 5.74) is -0.665. The van der Waals surface area contributed by atoms with E-state index in [2.05, 4.69) is 12.6 Å². The second kappa shape index (κ2) is 3.95. The minimum Gasteiger partial charge on any atom is -0.258 e. The van der Waals surface area contributed by atoms with Crippen LogP contribution in [0.2, 0.25) is 5.02 Å². The Morgan fingerprint density at radius 3 is 2.40 bits per heavy atom. The normalized spacial score (nSPS) is 11.4. The summed E-state index contributed by atoms with van der Waals surface area (Å²) in [5.74, 6) is 0. The van der Waals surface area contributed by atoms with Crippen LogP contribution in [0.4, 0.5) is 9.57 Å². The van der Waals surface area contributed by atoms with Gasteiger partial charge in [0.2, 0.25) is 0 Å². The van der Waals surface area contributed by atoms with Crippen molar-refractivity contribution in [3.63, 3.8) is 0 Å². The first-order chi connectivity index (χ1) is 6.73. The van der Waals surface area contributed by atoms with Gasteiger partial charge in [0.1, 0.15) is 9.79 Å². The van der Waals surface area contributed by atoms with E-state index < -0.39 is 25.7 Å². The molecule has 0 bridgehead atoms. The topological polar surface area (TPSA) is 77.3 Å². The number of nitro benzene ring substituents is 1. The first kappa shape index (κ1) is 12.2. The molecule has 0 heterocycles. The third-order valence-electron chi connectivity index (χ3n) is 1.50. The van der Waals surface area contributed by atoms with Crippen molar-refractivity contribution in [1.82, 2.24) is 0 Å².